The second kappa shape index (κ2) is 17.0. The van der Waals surface area contributed by atoms with Crippen molar-refractivity contribution in [2.45, 2.75) is 84.4 Å². The van der Waals surface area contributed by atoms with Gasteiger partial charge in [0.05, 0.1) is 36.1 Å². The summed E-state index contributed by atoms with van der Waals surface area (Å²) >= 11 is 0. The SMILES string of the molecule is C=C(C)C(=O)OCC(F)(F)S(=O)(=O)[O-].CCC1(OC(=O)COC(=O)c2ccc(OC)c([S+]3c4ccccc4C(=O)C4=[C+]C(C(F)(F)F)=CCC43)c2)CCCC1. The molecule has 2 aromatic carbocycles. The zero-order chi connectivity index (χ0) is 40.9. The molecule has 1 heterocycles. The topological polar surface area (TPSA) is 162 Å². The molecule has 0 amide bonds. The molecule has 11 nitrogen and oxygen atoms in total. The number of ether oxygens (including phenoxy) is 4. The van der Waals surface area contributed by atoms with E-state index in [2.05, 4.69) is 17.4 Å². The first-order valence-corrected chi connectivity index (χ1v) is 19.3. The van der Waals surface area contributed by atoms with Gasteiger partial charge in [0.2, 0.25) is 21.3 Å². The van der Waals surface area contributed by atoms with Crippen LogP contribution in [0.3, 0.4) is 0 Å². The van der Waals surface area contributed by atoms with Gasteiger partial charge in [-0.2, -0.15) is 22.0 Å². The molecule has 1 saturated carbocycles. The Kier molecular flexibility index (Phi) is 13.3. The highest BCUT2D eigenvalue weighted by molar-refractivity contribution is 7.98. The van der Waals surface area contributed by atoms with Crippen LogP contribution in [0.5, 0.6) is 5.75 Å². The Morgan fingerprint density at radius 3 is 2.27 bits per heavy atom. The molecule has 2 atom stereocenters. The van der Waals surface area contributed by atoms with Crippen LogP contribution in [0.4, 0.5) is 22.0 Å². The largest absolute Gasteiger partial charge is 0.743 e. The normalized spacial score (nSPS) is 18.8. The molecule has 1 fully saturated rings. The molecule has 2 unspecified atom stereocenters. The summed E-state index contributed by atoms with van der Waals surface area (Å²) < 4.78 is 115. The summed E-state index contributed by atoms with van der Waals surface area (Å²) in [7, 11) is -5.34. The Morgan fingerprint density at radius 2 is 1.69 bits per heavy atom. The van der Waals surface area contributed by atoms with Crippen LogP contribution in [0.2, 0.25) is 0 Å². The first-order valence-electron chi connectivity index (χ1n) is 16.7. The standard InChI is InChI=1S/C31H29F3O6S.C6H8F2O5S/c1-3-30(14-6-7-15-30)40-27(35)18-39-29(37)19-10-12-23(38-2)26(16-19)41-24-9-5-4-8-21(24)28(36)22-17-20(31(32,33)34)11-13-25(22)41;1-4(2)5(9)13-3-6(7,8)14(10,11)12/h4-5,8-12,16,25H,3,6-7,13-15,18H2,1-2H3;1,3H2,2H3,(H,10,11,12)/q+2;/p-1. The fraction of sp³-hybridized carbons (Fsp3) is 0.405. The van der Waals surface area contributed by atoms with Crippen molar-refractivity contribution >= 4 is 44.7 Å². The predicted molar refractivity (Wildman–Crippen MR) is 185 cm³/mol. The highest BCUT2D eigenvalue weighted by Gasteiger charge is 2.57. The number of esters is 3. The van der Waals surface area contributed by atoms with E-state index >= 15 is 0 Å². The lowest BCUT2D eigenvalue weighted by atomic mass is 9.91. The first kappa shape index (κ1) is 43.1. The third kappa shape index (κ3) is 9.97. The van der Waals surface area contributed by atoms with E-state index in [1.54, 1.807) is 36.4 Å². The Balaban J connectivity index is 0.000000410. The quantitative estimate of drug-likeness (QED) is 0.0458. The van der Waals surface area contributed by atoms with Gasteiger partial charge in [-0.15, -0.1) is 0 Å². The van der Waals surface area contributed by atoms with Gasteiger partial charge in [0.25, 0.3) is 0 Å². The second-order valence-corrected chi connectivity index (χ2v) is 16.3. The number of carbonyl (C=O) groups excluding carboxylic acids is 4. The zero-order valence-corrected chi connectivity index (χ0v) is 31.4. The summed E-state index contributed by atoms with van der Waals surface area (Å²) in [5.41, 5.74) is -1.28. The van der Waals surface area contributed by atoms with Crippen LogP contribution in [0.25, 0.3) is 0 Å². The molecule has 5 rings (SSSR count). The van der Waals surface area contributed by atoms with Crippen LogP contribution in [0.15, 0.2) is 81.6 Å². The summed E-state index contributed by atoms with van der Waals surface area (Å²) in [5, 5.41) is -5.24. The number of carbonyl (C=O) groups is 4. The van der Waals surface area contributed by atoms with Crippen molar-refractivity contribution < 1.29 is 73.0 Å². The van der Waals surface area contributed by atoms with E-state index in [1.807, 2.05) is 6.92 Å². The van der Waals surface area contributed by atoms with E-state index in [0.717, 1.165) is 31.8 Å². The van der Waals surface area contributed by atoms with Crippen molar-refractivity contribution in [2.24, 2.45) is 0 Å². The fourth-order valence-corrected chi connectivity index (χ4v) is 8.97. The molecule has 0 radical (unpaired) electrons. The first-order chi connectivity index (χ1) is 25.6. The molecule has 3 aliphatic rings. The average molecular weight is 816 g/mol. The van der Waals surface area contributed by atoms with Crippen molar-refractivity contribution in [1.82, 2.24) is 0 Å². The Bertz CT molecular complexity index is 2020. The minimum Gasteiger partial charge on any atom is -0.743 e. The van der Waals surface area contributed by atoms with E-state index in [9.17, 15) is 54.1 Å². The van der Waals surface area contributed by atoms with E-state index in [1.165, 1.54) is 20.1 Å². The molecule has 0 spiro atoms. The van der Waals surface area contributed by atoms with Crippen molar-refractivity contribution in [3.63, 3.8) is 0 Å². The van der Waals surface area contributed by atoms with Gasteiger partial charge < -0.3 is 23.5 Å². The van der Waals surface area contributed by atoms with Crippen LogP contribution < -0.4 is 4.74 Å². The van der Waals surface area contributed by atoms with Crippen LogP contribution >= 0.6 is 0 Å². The Labute approximate surface area is 316 Å². The van der Waals surface area contributed by atoms with Crippen molar-refractivity contribution in [3.05, 3.63) is 89.0 Å². The number of benzene rings is 2. The third-order valence-corrected chi connectivity index (χ3v) is 12.3. The van der Waals surface area contributed by atoms with Crippen LogP contribution in [-0.2, 0) is 44.8 Å². The van der Waals surface area contributed by atoms with E-state index in [-0.39, 0.29) is 28.7 Å². The number of halogens is 5. The summed E-state index contributed by atoms with van der Waals surface area (Å²) in [4.78, 5) is 50.6. The zero-order valence-electron chi connectivity index (χ0n) is 29.8. The molecule has 1 aliphatic heterocycles. The Morgan fingerprint density at radius 1 is 1.04 bits per heavy atom. The van der Waals surface area contributed by atoms with E-state index < -0.39 is 85.8 Å². The molecule has 0 bridgehead atoms. The molecule has 0 aromatic heterocycles. The predicted octanol–water partition coefficient (Wildman–Crippen LogP) is 6.58. The number of rotatable bonds is 11. The van der Waals surface area contributed by atoms with Crippen LogP contribution in [0.1, 0.15) is 73.1 Å². The number of alkyl halides is 5. The average Bonchev–Trinajstić information content (AvgIpc) is 3.60. The lowest BCUT2D eigenvalue weighted by Crippen LogP contribution is -2.37. The molecule has 296 valence electrons. The van der Waals surface area contributed by atoms with Crippen LogP contribution in [0, 0.1) is 6.08 Å². The number of methoxy groups -OCH3 is 1. The number of Topliss-reactive ketones (excluding diaryl/α,β-unsaturated/α-hetero) is 1. The van der Waals surface area contributed by atoms with Gasteiger partial charge in [0, 0.05) is 17.7 Å². The maximum absolute atomic E-state index is 13.5. The summed E-state index contributed by atoms with van der Waals surface area (Å²) in [5.74, 6) is -2.64. The lowest BCUT2D eigenvalue weighted by molar-refractivity contribution is -0.163. The highest BCUT2D eigenvalue weighted by Crippen LogP contribution is 2.47. The van der Waals surface area contributed by atoms with Gasteiger partial charge in [0.15, 0.2) is 34.0 Å². The summed E-state index contributed by atoms with van der Waals surface area (Å²) in [6, 6.07) is 11.4. The molecule has 0 N–H and O–H groups in total. The number of allylic oxidation sites excluding steroid dienone is 3. The molecule has 2 aromatic rings. The highest BCUT2D eigenvalue weighted by atomic mass is 32.2. The second-order valence-electron chi connectivity index (χ2n) is 12.6. The molecule has 18 heteroatoms. The molecule has 0 saturated heterocycles. The van der Waals surface area contributed by atoms with Gasteiger partial charge in [-0.25, -0.2) is 27.6 Å². The van der Waals surface area contributed by atoms with Crippen molar-refractivity contribution in [3.8, 4) is 5.75 Å². The molecular formula is C37H36F5O11S2+. The number of fused-ring (bicyclic) bond motifs is 2. The fourth-order valence-electron chi connectivity index (χ4n) is 5.99. The third-order valence-electron chi connectivity index (χ3n) is 8.86. The maximum Gasteiger partial charge on any atom is 0.449 e. The van der Waals surface area contributed by atoms with Gasteiger partial charge >= 0.3 is 35.1 Å². The smallest absolute Gasteiger partial charge is 0.449 e. The van der Waals surface area contributed by atoms with Gasteiger partial charge in [-0.3, -0.25) is 0 Å². The van der Waals surface area contributed by atoms with E-state index in [0.29, 0.717) is 22.0 Å². The maximum atomic E-state index is 13.5. The minimum absolute atomic E-state index is 0.0385. The van der Waals surface area contributed by atoms with E-state index in [4.69, 9.17) is 14.2 Å². The van der Waals surface area contributed by atoms with Crippen LogP contribution in [-0.4, -0.2) is 79.3 Å². The monoisotopic (exact) mass is 815 g/mol. The summed E-state index contributed by atoms with van der Waals surface area (Å²) in [6.07, 6.45) is 2.96. The van der Waals surface area contributed by atoms with Crippen molar-refractivity contribution in [2.75, 3.05) is 20.3 Å². The Hall–Kier alpha value is -4.64. The molecule has 55 heavy (non-hydrogen) atoms. The minimum atomic E-state index is -5.81. The number of hydrogen-bond donors (Lipinski definition) is 0. The van der Waals surface area contributed by atoms with Gasteiger partial charge in [-0.05, 0) is 63.3 Å². The summed E-state index contributed by atoms with van der Waals surface area (Å²) in [6.45, 7) is 3.88. The van der Waals surface area contributed by atoms with Gasteiger partial charge in [0.1, 0.15) is 11.2 Å². The molecular weight excluding hydrogens is 780 g/mol. The number of ketones is 1. The molecule has 2 aliphatic carbocycles. The van der Waals surface area contributed by atoms with Gasteiger partial charge in [-0.1, -0.05) is 25.6 Å². The van der Waals surface area contributed by atoms with Crippen molar-refractivity contribution in [1.29, 1.82) is 0 Å². The lowest BCUT2D eigenvalue weighted by Gasteiger charge is -2.27. The number of hydrogen-bond acceptors (Lipinski definition) is 11.